The number of ether oxygens (including phenoxy) is 6. The average molecular weight is 1110 g/mol. The maximum atomic E-state index is 6.85. The molecular weight excluding hydrogens is 989 g/mol. The summed E-state index contributed by atoms with van der Waals surface area (Å²) < 4.78 is 40.9. The maximum Gasteiger partial charge on any atom is 0.203 e. The van der Waals surface area contributed by atoms with Gasteiger partial charge in [0.2, 0.25) is 11.5 Å². The van der Waals surface area contributed by atoms with E-state index in [1.54, 1.807) is 0 Å². The van der Waals surface area contributed by atoms with Gasteiger partial charge >= 0.3 is 0 Å². The van der Waals surface area contributed by atoms with E-state index in [0.29, 0.717) is 68.5 Å². The van der Waals surface area contributed by atoms with Gasteiger partial charge in [0.15, 0.2) is 28.8 Å². The zero-order valence-electron chi connectivity index (χ0n) is 52.4. The molecule has 0 N–H and O–H groups in total. The minimum absolute atomic E-state index is 0.598. The van der Waals surface area contributed by atoms with Gasteiger partial charge in [0.25, 0.3) is 0 Å². The van der Waals surface area contributed by atoms with Gasteiger partial charge < -0.3 is 28.4 Å². The smallest absolute Gasteiger partial charge is 0.203 e. The number of benzene rings is 3. The van der Waals surface area contributed by atoms with Crippen LogP contribution in [0, 0.1) is 0 Å². The van der Waals surface area contributed by atoms with Gasteiger partial charge in [-0.2, -0.15) is 0 Å². The molecule has 3 aromatic carbocycles. The number of aromatic nitrogens is 2. The van der Waals surface area contributed by atoms with E-state index in [2.05, 4.69) is 103 Å². The molecule has 0 aliphatic carbocycles. The minimum Gasteiger partial charge on any atom is -0.490 e. The van der Waals surface area contributed by atoms with Crippen LogP contribution in [0.1, 0.15) is 285 Å². The summed E-state index contributed by atoms with van der Waals surface area (Å²) in [6.07, 6.45) is 43.8. The molecule has 450 valence electrons. The van der Waals surface area contributed by atoms with E-state index in [1.807, 2.05) is 0 Å². The Balaban J connectivity index is 1.89. The third-order valence-corrected chi connectivity index (χ3v) is 15.5. The molecule has 0 atom stereocenters. The molecule has 80 heavy (non-hydrogen) atoms. The van der Waals surface area contributed by atoms with Gasteiger partial charge in [-0.3, -0.25) is 0 Å². The zero-order chi connectivity index (χ0) is 56.9. The molecule has 1 aromatic heterocycles. The number of aryl methyl sites for hydroxylation is 1. The normalized spacial score (nSPS) is 11.3. The van der Waals surface area contributed by atoms with Gasteiger partial charge in [-0.15, -0.1) is 0 Å². The number of hydrogen-bond acceptors (Lipinski definition) is 8. The van der Waals surface area contributed by atoms with Gasteiger partial charge in [-0.1, -0.05) is 265 Å². The first-order valence-corrected chi connectivity index (χ1v) is 33.6. The Morgan fingerprint density at radius 3 is 0.825 bits per heavy atom. The first kappa shape index (κ1) is 68.0. The molecule has 8 nitrogen and oxygen atoms in total. The lowest BCUT2D eigenvalue weighted by atomic mass is 10.0. The van der Waals surface area contributed by atoms with Crippen LogP contribution in [0.15, 0.2) is 54.6 Å². The van der Waals surface area contributed by atoms with Crippen molar-refractivity contribution in [1.29, 1.82) is 0 Å². The molecule has 1 heterocycles. The fraction of sp³-hybridized carbons (Fsp3) is 0.694. The Morgan fingerprint density at radius 1 is 0.263 bits per heavy atom. The van der Waals surface area contributed by atoms with Crippen molar-refractivity contribution in [3.05, 3.63) is 60.2 Å². The highest BCUT2D eigenvalue weighted by molar-refractivity contribution is 5.76. The maximum absolute atomic E-state index is 6.85. The summed E-state index contributed by atoms with van der Waals surface area (Å²) in [5.74, 6) is 4.84. The van der Waals surface area contributed by atoms with Crippen molar-refractivity contribution in [1.82, 2.24) is 9.97 Å². The van der Waals surface area contributed by atoms with Crippen LogP contribution in [0.4, 0.5) is 0 Å². The third kappa shape index (κ3) is 28.0. The predicted molar refractivity (Wildman–Crippen MR) is 341 cm³/mol. The van der Waals surface area contributed by atoms with Gasteiger partial charge in [0.05, 0.1) is 51.0 Å². The standard InChI is InChI=1S/C72H116N2O6/c1-8-15-21-27-33-39-49-75-66-55-62(56-67(76-50-40-34-28-22-16-9-2)70(66)79-53-43-37-31-25-19-12-5)65-59-64(61-47-45-60(14-7)46-48-61)73-72(74-65)63-57-68(77-51-41-35-29-23-17-10-3)71(80-54-44-38-32-26-20-13-6)69(58-63)78-52-42-36-30-24-18-11-4/h45-48,55-59H,8-44,49-54H2,1-7H3. The van der Waals surface area contributed by atoms with Crippen LogP contribution < -0.4 is 28.4 Å². The van der Waals surface area contributed by atoms with E-state index in [0.717, 1.165) is 123 Å². The molecule has 8 heteroatoms. The lowest BCUT2D eigenvalue weighted by Gasteiger charge is -2.20. The lowest BCUT2D eigenvalue weighted by Crippen LogP contribution is -2.08. The van der Waals surface area contributed by atoms with Crippen LogP contribution in [0.25, 0.3) is 33.9 Å². The summed E-state index contributed by atoms with van der Waals surface area (Å²) in [4.78, 5) is 10.9. The zero-order valence-corrected chi connectivity index (χ0v) is 52.4. The number of nitrogens with zero attached hydrogens (tertiary/aromatic N) is 2. The van der Waals surface area contributed by atoms with Crippen LogP contribution in [0.5, 0.6) is 34.5 Å². The fourth-order valence-electron chi connectivity index (χ4n) is 10.3. The first-order chi connectivity index (χ1) is 39.5. The van der Waals surface area contributed by atoms with E-state index >= 15 is 0 Å². The monoisotopic (exact) mass is 1100 g/mol. The van der Waals surface area contributed by atoms with E-state index < -0.39 is 0 Å². The van der Waals surface area contributed by atoms with E-state index in [1.165, 1.54) is 160 Å². The van der Waals surface area contributed by atoms with Gasteiger partial charge in [-0.05, 0) is 80.8 Å². The van der Waals surface area contributed by atoms with Gasteiger partial charge in [0.1, 0.15) is 0 Å². The topological polar surface area (TPSA) is 81.2 Å². The van der Waals surface area contributed by atoms with Crippen LogP contribution in [0.3, 0.4) is 0 Å². The molecule has 0 aliphatic rings. The average Bonchev–Trinajstić information content (AvgIpc) is 3.50. The van der Waals surface area contributed by atoms with Crippen LogP contribution >= 0.6 is 0 Å². The van der Waals surface area contributed by atoms with Crippen LogP contribution in [-0.2, 0) is 6.42 Å². The summed E-state index contributed by atoms with van der Waals surface area (Å²) in [6.45, 7) is 19.5. The summed E-state index contributed by atoms with van der Waals surface area (Å²) >= 11 is 0. The van der Waals surface area contributed by atoms with Crippen LogP contribution in [-0.4, -0.2) is 49.6 Å². The number of unbranched alkanes of at least 4 members (excludes halogenated alkanes) is 30. The van der Waals surface area contributed by atoms with E-state index in [9.17, 15) is 0 Å². The largest absolute Gasteiger partial charge is 0.490 e. The number of hydrogen-bond donors (Lipinski definition) is 0. The summed E-state index contributed by atoms with van der Waals surface area (Å²) in [7, 11) is 0. The predicted octanol–water partition coefficient (Wildman–Crippen LogP) is 22.5. The highest BCUT2D eigenvalue weighted by atomic mass is 16.5. The van der Waals surface area contributed by atoms with Crippen molar-refractivity contribution in [2.75, 3.05) is 39.6 Å². The van der Waals surface area contributed by atoms with Crippen LogP contribution in [0.2, 0.25) is 0 Å². The Hall–Kier alpha value is -4.46. The summed E-state index contributed by atoms with van der Waals surface area (Å²) in [5, 5.41) is 0. The molecule has 0 saturated heterocycles. The highest BCUT2D eigenvalue weighted by Crippen LogP contribution is 2.45. The first-order valence-electron chi connectivity index (χ1n) is 33.6. The minimum atomic E-state index is 0.598. The van der Waals surface area contributed by atoms with Crippen molar-refractivity contribution in [3.63, 3.8) is 0 Å². The fourth-order valence-corrected chi connectivity index (χ4v) is 10.3. The number of rotatable bonds is 52. The third-order valence-electron chi connectivity index (χ3n) is 15.5. The molecule has 0 unspecified atom stereocenters. The second-order valence-electron chi connectivity index (χ2n) is 22.8. The summed E-state index contributed by atoms with van der Waals surface area (Å²) in [6, 6.07) is 19.5. The molecule has 0 aliphatic heterocycles. The molecule has 0 radical (unpaired) electrons. The van der Waals surface area contributed by atoms with Crippen molar-refractivity contribution in [3.8, 4) is 68.4 Å². The molecule has 4 aromatic rings. The Labute approximate surface area is 490 Å². The molecule has 0 bridgehead atoms. The Morgan fingerprint density at radius 2 is 0.525 bits per heavy atom. The molecule has 4 rings (SSSR count). The molecule has 0 saturated carbocycles. The van der Waals surface area contributed by atoms with Gasteiger partial charge in [-0.25, -0.2) is 9.97 Å². The van der Waals surface area contributed by atoms with E-state index in [-0.39, 0.29) is 0 Å². The second kappa shape index (κ2) is 45.1. The molecule has 0 fully saturated rings. The SMILES string of the molecule is CCCCCCCCOc1cc(-c2cc(-c3ccc(CC)cc3)nc(-c3cc(OCCCCCCCC)c(OCCCCCCCC)c(OCCCCCCCC)c3)n2)cc(OCCCCCCCC)c1OCCCCCCCC. The van der Waals surface area contributed by atoms with Crippen molar-refractivity contribution in [2.45, 2.75) is 286 Å². The molecule has 0 amide bonds. The lowest BCUT2D eigenvalue weighted by molar-refractivity contribution is 0.234. The van der Waals surface area contributed by atoms with Gasteiger partial charge in [0, 0.05) is 16.7 Å². The van der Waals surface area contributed by atoms with E-state index in [4.69, 9.17) is 38.4 Å². The highest BCUT2D eigenvalue weighted by Gasteiger charge is 2.22. The summed E-state index contributed by atoms with van der Waals surface area (Å²) in [5.41, 5.74) is 5.68. The Kier molecular flexibility index (Phi) is 38.4. The molecule has 0 spiro atoms. The van der Waals surface area contributed by atoms with Crippen molar-refractivity contribution in [2.24, 2.45) is 0 Å². The van der Waals surface area contributed by atoms with Crippen molar-refractivity contribution >= 4 is 0 Å². The Bertz CT molecular complexity index is 1940. The quantitative estimate of drug-likeness (QED) is 0.0405. The molecular formula is C72H116N2O6. The van der Waals surface area contributed by atoms with Crippen molar-refractivity contribution < 1.29 is 28.4 Å². The second-order valence-corrected chi connectivity index (χ2v) is 22.8.